The zero-order chi connectivity index (χ0) is 17.9. The molecule has 0 aliphatic carbocycles. The van der Waals surface area contributed by atoms with Crippen LogP contribution in [-0.2, 0) is 14.8 Å². The number of hydrogen-bond donors (Lipinski definition) is 1. The van der Waals surface area contributed by atoms with Gasteiger partial charge in [0.05, 0.1) is 11.9 Å². The van der Waals surface area contributed by atoms with Gasteiger partial charge in [0.15, 0.2) is 11.6 Å². The SMILES string of the molecule is CS(=O)(=O)N(CC(=O)Nc1ccc(F)c(F)c1)c1ccc(F)cc1. The summed E-state index contributed by atoms with van der Waals surface area (Å²) < 4.78 is 63.4. The number of rotatable bonds is 5. The summed E-state index contributed by atoms with van der Waals surface area (Å²) in [4.78, 5) is 12.0. The number of amides is 1. The average Bonchev–Trinajstić information content (AvgIpc) is 2.49. The normalized spacial score (nSPS) is 11.2. The fourth-order valence-electron chi connectivity index (χ4n) is 1.91. The quantitative estimate of drug-likeness (QED) is 0.893. The Hall–Kier alpha value is -2.55. The van der Waals surface area contributed by atoms with Gasteiger partial charge in [-0.05, 0) is 36.4 Å². The van der Waals surface area contributed by atoms with Gasteiger partial charge in [0.2, 0.25) is 15.9 Å². The number of nitrogens with one attached hydrogen (secondary N) is 1. The molecule has 0 aliphatic heterocycles. The first-order chi connectivity index (χ1) is 11.2. The van der Waals surface area contributed by atoms with E-state index in [4.69, 9.17) is 0 Å². The maximum atomic E-state index is 13.1. The van der Waals surface area contributed by atoms with Crippen LogP contribution in [0.25, 0.3) is 0 Å². The van der Waals surface area contributed by atoms with E-state index in [1.54, 1.807) is 0 Å². The van der Waals surface area contributed by atoms with Gasteiger partial charge in [-0.3, -0.25) is 9.10 Å². The van der Waals surface area contributed by atoms with Crippen molar-refractivity contribution in [3.05, 3.63) is 59.9 Å². The summed E-state index contributed by atoms with van der Waals surface area (Å²) in [5.41, 5.74) is 0.0748. The van der Waals surface area contributed by atoms with E-state index in [0.29, 0.717) is 0 Å². The van der Waals surface area contributed by atoms with Crippen LogP contribution in [0.15, 0.2) is 42.5 Å². The van der Waals surface area contributed by atoms with Gasteiger partial charge >= 0.3 is 0 Å². The molecule has 128 valence electrons. The van der Waals surface area contributed by atoms with Crippen molar-refractivity contribution in [2.24, 2.45) is 0 Å². The van der Waals surface area contributed by atoms with Crippen LogP contribution in [0, 0.1) is 17.5 Å². The van der Waals surface area contributed by atoms with Crippen molar-refractivity contribution in [2.45, 2.75) is 0 Å². The highest BCUT2D eigenvalue weighted by Gasteiger charge is 2.21. The molecule has 9 heteroatoms. The molecule has 1 N–H and O–H groups in total. The molecule has 0 aromatic heterocycles. The van der Waals surface area contributed by atoms with Gasteiger partial charge in [0.1, 0.15) is 12.4 Å². The third-order valence-corrected chi connectivity index (χ3v) is 4.15. The number of hydrogen-bond acceptors (Lipinski definition) is 3. The Bertz CT molecular complexity index is 855. The maximum absolute atomic E-state index is 13.1. The lowest BCUT2D eigenvalue weighted by atomic mass is 10.3. The summed E-state index contributed by atoms with van der Waals surface area (Å²) in [5, 5.41) is 2.27. The molecule has 0 saturated carbocycles. The van der Waals surface area contributed by atoms with Gasteiger partial charge < -0.3 is 5.32 Å². The lowest BCUT2D eigenvalue weighted by molar-refractivity contribution is -0.114. The van der Waals surface area contributed by atoms with Crippen molar-refractivity contribution in [1.29, 1.82) is 0 Å². The zero-order valence-electron chi connectivity index (χ0n) is 12.5. The summed E-state index contributed by atoms with van der Waals surface area (Å²) in [6.45, 7) is -0.608. The molecule has 1 amide bonds. The Labute approximate surface area is 136 Å². The fourth-order valence-corrected chi connectivity index (χ4v) is 2.77. The molecule has 5 nitrogen and oxygen atoms in total. The van der Waals surface area contributed by atoms with Crippen LogP contribution in [0.3, 0.4) is 0 Å². The van der Waals surface area contributed by atoms with E-state index in [2.05, 4.69) is 5.32 Å². The second-order valence-electron chi connectivity index (χ2n) is 4.92. The molecule has 0 atom stereocenters. The van der Waals surface area contributed by atoms with Crippen molar-refractivity contribution >= 4 is 27.3 Å². The summed E-state index contributed by atoms with van der Waals surface area (Å²) in [6.07, 6.45) is 0.890. The second kappa shape index (κ2) is 6.91. The van der Waals surface area contributed by atoms with Crippen LogP contribution in [0.1, 0.15) is 0 Å². The summed E-state index contributed by atoms with van der Waals surface area (Å²) in [5.74, 6) is -3.54. The molecule has 0 fully saturated rings. The molecule has 0 bridgehead atoms. The van der Waals surface area contributed by atoms with Crippen molar-refractivity contribution < 1.29 is 26.4 Å². The fraction of sp³-hybridized carbons (Fsp3) is 0.133. The van der Waals surface area contributed by atoms with Gasteiger partial charge in [-0.25, -0.2) is 21.6 Å². The smallest absolute Gasteiger partial charge is 0.245 e. The number of carbonyl (C=O) groups is 1. The number of anilines is 2. The molecular formula is C15H13F3N2O3S. The zero-order valence-corrected chi connectivity index (χ0v) is 13.3. The minimum absolute atomic E-state index is 0.0218. The van der Waals surface area contributed by atoms with Crippen molar-refractivity contribution in [2.75, 3.05) is 22.4 Å². The maximum Gasteiger partial charge on any atom is 0.245 e. The molecule has 2 aromatic carbocycles. The molecule has 0 saturated heterocycles. The van der Waals surface area contributed by atoms with E-state index in [1.165, 1.54) is 12.1 Å². The highest BCUT2D eigenvalue weighted by molar-refractivity contribution is 7.92. The number of sulfonamides is 1. The second-order valence-corrected chi connectivity index (χ2v) is 6.83. The summed E-state index contributed by atoms with van der Waals surface area (Å²) >= 11 is 0. The van der Waals surface area contributed by atoms with Crippen molar-refractivity contribution in [1.82, 2.24) is 0 Å². The number of carbonyl (C=O) groups excluding carboxylic acids is 1. The highest BCUT2D eigenvalue weighted by atomic mass is 32.2. The first-order valence-electron chi connectivity index (χ1n) is 6.65. The van der Waals surface area contributed by atoms with Crippen LogP contribution in [0.4, 0.5) is 24.5 Å². The minimum Gasteiger partial charge on any atom is -0.324 e. The van der Waals surface area contributed by atoms with E-state index >= 15 is 0 Å². The monoisotopic (exact) mass is 358 g/mol. The van der Waals surface area contributed by atoms with Crippen LogP contribution in [0.5, 0.6) is 0 Å². The van der Waals surface area contributed by atoms with E-state index in [9.17, 15) is 26.4 Å². The third-order valence-electron chi connectivity index (χ3n) is 3.01. The van der Waals surface area contributed by atoms with Crippen LogP contribution >= 0.6 is 0 Å². The Morgan fingerprint density at radius 2 is 1.67 bits per heavy atom. The van der Waals surface area contributed by atoms with Crippen molar-refractivity contribution in [3.8, 4) is 0 Å². The van der Waals surface area contributed by atoms with Crippen LogP contribution in [-0.4, -0.2) is 27.1 Å². The van der Waals surface area contributed by atoms with Gasteiger partial charge in [0, 0.05) is 11.8 Å². The Kier molecular flexibility index (Phi) is 5.13. The van der Waals surface area contributed by atoms with E-state index in [1.807, 2.05) is 0 Å². The Morgan fingerprint density at radius 1 is 1.04 bits per heavy atom. The Balaban J connectivity index is 2.18. The first-order valence-corrected chi connectivity index (χ1v) is 8.50. The lowest BCUT2D eigenvalue weighted by Crippen LogP contribution is -2.37. The van der Waals surface area contributed by atoms with E-state index in [-0.39, 0.29) is 11.4 Å². The number of benzene rings is 2. The topological polar surface area (TPSA) is 66.5 Å². The third kappa shape index (κ3) is 4.48. The van der Waals surface area contributed by atoms with E-state index < -0.39 is 39.9 Å². The molecule has 0 spiro atoms. The first kappa shape index (κ1) is 17.8. The molecule has 0 unspecified atom stereocenters. The molecular weight excluding hydrogens is 345 g/mol. The van der Waals surface area contributed by atoms with E-state index in [0.717, 1.165) is 40.9 Å². The molecule has 24 heavy (non-hydrogen) atoms. The van der Waals surface area contributed by atoms with Crippen LogP contribution in [0.2, 0.25) is 0 Å². The molecule has 0 aliphatic rings. The van der Waals surface area contributed by atoms with Crippen molar-refractivity contribution in [3.63, 3.8) is 0 Å². The summed E-state index contributed by atoms with van der Waals surface area (Å²) in [7, 11) is -3.82. The lowest BCUT2D eigenvalue weighted by Gasteiger charge is -2.21. The molecule has 0 heterocycles. The predicted octanol–water partition coefficient (Wildman–Crippen LogP) is 2.51. The van der Waals surface area contributed by atoms with Gasteiger partial charge in [0.25, 0.3) is 0 Å². The number of nitrogens with zero attached hydrogens (tertiary/aromatic N) is 1. The van der Waals surface area contributed by atoms with Crippen LogP contribution < -0.4 is 9.62 Å². The Morgan fingerprint density at radius 3 is 2.21 bits per heavy atom. The highest BCUT2D eigenvalue weighted by Crippen LogP contribution is 2.18. The molecule has 2 aromatic rings. The number of halogens is 3. The van der Waals surface area contributed by atoms with Gasteiger partial charge in [-0.15, -0.1) is 0 Å². The minimum atomic E-state index is -3.82. The largest absolute Gasteiger partial charge is 0.324 e. The molecule has 2 rings (SSSR count). The predicted molar refractivity (Wildman–Crippen MR) is 83.6 cm³/mol. The van der Waals surface area contributed by atoms with Gasteiger partial charge in [-0.2, -0.15) is 0 Å². The standard InChI is InChI=1S/C15H13F3N2O3S/c1-24(22,23)20(12-5-2-10(16)3-6-12)9-15(21)19-11-4-7-13(17)14(18)8-11/h2-8H,9H2,1H3,(H,19,21). The average molecular weight is 358 g/mol. The molecule has 0 radical (unpaired) electrons. The summed E-state index contributed by atoms with van der Waals surface area (Å²) in [6, 6.07) is 7.28. The van der Waals surface area contributed by atoms with Gasteiger partial charge in [-0.1, -0.05) is 0 Å².